The summed E-state index contributed by atoms with van der Waals surface area (Å²) in [5, 5.41) is 9.29. The van der Waals surface area contributed by atoms with E-state index < -0.39 is 23.7 Å². The maximum atomic E-state index is 13.3. The second-order valence-corrected chi connectivity index (χ2v) is 5.42. The zero-order chi connectivity index (χ0) is 14.9. The van der Waals surface area contributed by atoms with Crippen LogP contribution in [0.5, 0.6) is 0 Å². The molecular formula is C14H15ClFNO3. The van der Waals surface area contributed by atoms with Crippen LogP contribution in [0.1, 0.15) is 30.1 Å². The number of carboxylic acids is 1. The molecule has 108 valence electrons. The van der Waals surface area contributed by atoms with Gasteiger partial charge in [-0.15, -0.1) is 0 Å². The van der Waals surface area contributed by atoms with Gasteiger partial charge in [0.15, 0.2) is 0 Å². The van der Waals surface area contributed by atoms with E-state index in [1.54, 1.807) is 6.92 Å². The third-order valence-electron chi connectivity index (χ3n) is 3.68. The van der Waals surface area contributed by atoms with Crippen molar-refractivity contribution >= 4 is 23.5 Å². The Morgan fingerprint density at radius 3 is 2.70 bits per heavy atom. The van der Waals surface area contributed by atoms with Crippen molar-refractivity contribution in [3.8, 4) is 0 Å². The third kappa shape index (κ3) is 2.93. The molecule has 1 aliphatic rings. The van der Waals surface area contributed by atoms with Gasteiger partial charge in [-0.05, 0) is 38.0 Å². The monoisotopic (exact) mass is 299 g/mol. The normalized spacial score (nSPS) is 22.6. The van der Waals surface area contributed by atoms with Crippen molar-refractivity contribution in [2.75, 3.05) is 6.54 Å². The van der Waals surface area contributed by atoms with Crippen LogP contribution in [0.25, 0.3) is 0 Å². The maximum absolute atomic E-state index is 13.3. The molecule has 0 radical (unpaired) electrons. The number of hydrogen-bond donors (Lipinski definition) is 1. The first-order valence-electron chi connectivity index (χ1n) is 6.40. The number of nitrogens with zero attached hydrogens (tertiary/aromatic N) is 1. The molecule has 1 aromatic rings. The Hall–Kier alpha value is -1.62. The summed E-state index contributed by atoms with van der Waals surface area (Å²) in [6.07, 6.45) is 1.17. The molecule has 1 aromatic carbocycles. The zero-order valence-electron chi connectivity index (χ0n) is 11.0. The Labute approximate surface area is 121 Å². The fourth-order valence-electron chi connectivity index (χ4n) is 2.60. The van der Waals surface area contributed by atoms with E-state index in [1.165, 1.54) is 11.0 Å². The van der Waals surface area contributed by atoms with Crippen LogP contribution in [-0.2, 0) is 4.79 Å². The predicted octanol–water partition coefficient (Wildman–Crippen LogP) is 2.80. The number of rotatable bonds is 2. The van der Waals surface area contributed by atoms with Gasteiger partial charge in [0, 0.05) is 23.2 Å². The highest BCUT2D eigenvalue weighted by atomic mass is 35.5. The van der Waals surface area contributed by atoms with Crippen LogP contribution in [0, 0.1) is 11.7 Å². The van der Waals surface area contributed by atoms with Gasteiger partial charge in [-0.25, -0.2) is 4.39 Å². The van der Waals surface area contributed by atoms with Crippen molar-refractivity contribution in [3.05, 3.63) is 34.6 Å². The molecule has 1 aliphatic heterocycles. The first-order chi connectivity index (χ1) is 9.40. The lowest BCUT2D eigenvalue weighted by Gasteiger charge is -2.37. The highest BCUT2D eigenvalue weighted by Crippen LogP contribution is 2.26. The fraction of sp³-hybridized carbons (Fsp3) is 0.429. The fourth-order valence-corrected chi connectivity index (χ4v) is 2.82. The van der Waals surface area contributed by atoms with Gasteiger partial charge in [-0.2, -0.15) is 0 Å². The van der Waals surface area contributed by atoms with E-state index in [-0.39, 0.29) is 16.5 Å². The summed E-state index contributed by atoms with van der Waals surface area (Å²) >= 11 is 5.74. The molecule has 0 aliphatic carbocycles. The summed E-state index contributed by atoms with van der Waals surface area (Å²) in [5.41, 5.74) is 0.146. The first-order valence-corrected chi connectivity index (χ1v) is 6.78. The van der Waals surface area contributed by atoms with Crippen molar-refractivity contribution in [2.24, 2.45) is 5.92 Å². The average Bonchev–Trinajstić information content (AvgIpc) is 2.36. The number of carbonyl (C=O) groups excluding carboxylic acids is 1. The molecule has 1 N–H and O–H groups in total. The van der Waals surface area contributed by atoms with Gasteiger partial charge in [0.2, 0.25) is 0 Å². The SMILES string of the molecule is C[C@@H]1[C@H](C(=O)O)CCCN1C(=O)c1cc(F)cc(Cl)c1. The quantitative estimate of drug-likeness (QED) is 0.913. The number of likely N-dealkylation sites (tertiary alicyclic amines) is 1. The van der Waals surface area contributed by atoms with E-state index in [9.17, 15) is 14.0 Å². The topological polar surface area (TPSA) is 57.6 Å². The molecule has 1 heterocycles. The van der Waals surface area contributed by atoms with Gasteiger partial charge >= 0.3 is 5.97 Å². The van der Waals surface area contributed by atoms with E-state index in [0.717, 1.165) is 12.1 Å². The van der Waals surface area contributed by atoms with E-state index in [2.05, 4.69) is 0 Å². The lowest BCUT2D eigenvalue weighted by atomic mass is 9.90. The van der Waals surface area contributed by atoms with Gasteiger partial charge in [0.05, 0.1) is 5.92 Å². The van der Waals surface area contributed by atoms with Crippen LogP contribution in [0.15, 0.2) is 18.2 Å². The standard InChI is InChI=1S/C14H15ClFNO3/c1-8-12(14(19)20)3-2-4-17(8)13(18)9-5-10(15)7-11(16)6-9/h5-8,12H,2-4H2,1H3,(H,19,20)/t8-,12-/m1/s1. The summed E-state index contributed by atoms with van der Waals surface area (Å²) in [7, 11) is 0. The summed E-state index contributed by atoms with van der Waals surface area (Å²) in [5.74, 6) is -2.46. The zero-order valence-corrected chi connectivity index (χ0v) is 11.7. The van der Waals surface area contributed by atoms with Crippen molar-refractivity contribution in [1.29, 1.82) is 0 Å². The van der Waals surface area contributed by atoms with E-state index >= 15 is 0 Å². The van der Waals surface area contributed by atoms with Crippen molar-refractivity contribution in [2.45, 2.75) is 25.8 Å². The molecule has 0 spiro atoms. The van der Waals surface area contributed by atoms with Crippen LogP contribution in [-0.4, -0.2) is 34.5 Å². The second kappa shape index (κ2) is 5.79. The van der Waals surface area contributed by atoms with Gasteiger partial charge in [-0.1, -0.05) is 11.6 Å². The number of benzene rings is 1. The minimum Gasteiger partial charge on any atom is -0.481 e. The second-order valence-electron chi connectivity index (χ2n) is 4.98. The van der Waals surface area contributed by atoms with Crippen molar-refractivity contribution in [1.82, 2.24) is 4.90 Å². The van der Waals surface area contributed by atoms with Crippen LogP contribution >= 0.6 is 11.6 Å². The van der Waals surface area contributed by atoms with Crippen LogP contribution in [0.4, 0.5) is 4.39 Å². The minimum absolute atomic E-state index is 0.146. The number of carbonyl (C=O) groups is 2. The summed E-state index contributed by atoms with van der Waals surface area (Å²) in [4.78, 5) is 25.0. The smallest absolute Gasteiger partial charge is 0.308 e. The Balaban J connectivity index is 2.25. The third-order valence-corrected chi connectivity index (χ3v) is 3.89. The molecule has 0 unspecified atom stereocenters. The summed E-state index contributed by atoms with van der Waals surface area (Å²) < 4.78 is 13.3. The molecule has 1 fully saturated rings. The molecular weight excluding hydrogens is 285 g/mol. The highest BCUT2D eigenvalue weighted by molar-refractivity contribution is 6.31. The number of amides is 1. The highest BCUT2D eigenvalue weighted by Gasteiger charge is 2.35. The number of hydrogen-bond acceptors (Lipinski definition) is 2. The number of halogens is 2. The van der Waals surface area contributed by atoms with Gasteiger partial charge < -0.3 is 10.0 Å². The molecule has 2 atom stereocenters. The van der Waals surface area contributed by atoms with Crippen LogP contribution in [0.2, 0.25) is 5.02 Å². The Kier molecular flexibility index (Phi) is 4.28. The first kappa shape index (κ1) is 14.8. The predicted molar refractivity (Wildman–Crippen MR) is 72.3 cm³/mol. The number of aliphatic carboxylic acids is 1. The van der Waals surface area contributed by atoms with E-state index in [0.29, 0.717) is 19.4 Å². The summed E-state index contributed by atoms with van der Waals surface area (Å²) in [6.45, 7) is 2.18. The summed E-state index contributed by atoms with van der Waals surface area (Å²) in [6, 6.07) is 3.21. The Bertz CT molecular complexity index is 529. The van der Waals surface area contributed by atoms with Gasteiger partial charge in [0.25, 0.3) is 5.91 Å². The van der Waals surface area contributed by atoms with Gasteiger partial charge in [-0.3, -0.25) is 9.59 Å². The maximum Gasteiger partial charge on any atom is 0.308 e. The molecule has 0 saturated carbocycles. The largest absolute Gasteiger partial charge is 0.481 e. The van der Waals surface area contributed by atoms with E-state index in [1.807, 2.05) is 0 Å². The van der Waals surface area contributed by atoms with Gasteiger partial charge in [0.1, 0.15) is 5.82 Å². The van der Waals surface area contributed by atoms with Crippen LogP contribution < -0.4 is 0 Å². The number of carboxylic acid groups (broad SMARTS) is 1. The van der Waals surface area contributed by atoms with E-state index in [4.69, 9.17) is 16.7 Å². The van der Waals surface area contributed by atoms with Crippen LogP contribution in [0.3, 0.4) is 0 Å². The lowest BCUT2D eigenvalue weighted by molar-refractivity contribution is -0.144. The molecule has 0 aromatic heterocycles. The Morgan fingerprint density at radius 1 is 1.40 bits per heavy atom. The molecule has 1 saturated heterocycles. The Morgan fingerprint density at radius 2 is 2.10 bits per heavy atom. The molecule has 2 rings (SSSR count). The van der Waals surface area contributed by atoms with Crippen molar-refractivity contribution < 1.29 is 19.1 Å². The molecule has 20 heavy (non-hydrogen) atoms. The molecule has 0 bridgehead atoms. The average molecular weight is 300 g/mol. The van der Waals surface area contributed by atoms with Crippen molar-refractivity contribution in [3.63, 3.8) is 0 Å². The molecule has 4 nitrogen and oxygen atoms in total. The lowest BCUT2D eigenvalue weighted by Crippen LogP contribution is -2.49. The number of piperidine rings is 1. The minimum atomic E-state index is -0.910. The molecule has 6 heteroatoms. The molecule has 1 amide bonds.